The number of hydrogen-bond acceptors (Lipinski definition) is 3. The number of fused-ring (bicyclic) bond motifs is 2. The highest BCUT2D eigenvalue weighted by Gasteiger charge is 2.36. The molecular weight excluding hydrogens is 248 g/mol. The van der Waals surface area contributed by atoms with Gasteiger partial charge in [0.1, 0.15) is 0 Å². The second-order valence-corrected chi connectivity index (χ2v) is 5.44. The summed E-state index contributed by atoms with van der Waals surface area (Å²) in [5, 5.41) is 6.67. The molecule has 0 saturated carbocycles. The van der Waals surface area contributed by atoms with E-state index in [9.17, 15) is 4.79 Å². The summed E-state index contributed by atoms with van der Waals surface area (Å²) in [6, 6.07) is 16.2. The van der Waals surface area contributed by atoms with Gasteiger partial charge in [-0.05, 0) is 23.3 Å². The van der Waals surface area contributed by atoms with E-state index in [-0.39, 0.29) is 11.8 Å². The molecule has 2 aromatic carbocycles. The lowest BCUT2D eigenvalue weighted by atomic mass is 9.86. The largest absolute Gasteiger partial charge is 0.384 e. The summed E-state index contributed by atoms with van der Waals surface area (Å²) in [4.78, 5) is 12.9. The minimum absolute atomic E-state index is 0.0239. The molecule has 4 rings (SSSR count). The third kappa shape index (κ3) is 1.63. The zero-order valence-electron chi connectivity index (χ0n) is 11.1. The lowest BCUT2D eigenvalue weighted by Gasteiger charge is -2.15. The molecule has 0 aromatic heterocycles. The van der Waals surface area contributed by atoms with Gasteiger partial charge in [-0.25, -0.2) is 0 Å². The number of anilines is 2. The van der Waals surface area contributed by atoms with E-state index >= 15 is 0 Å². The molecule has 3 heteroatoms. The molecule has 0 spiro atoms. The van der Waals surface area contributed by atoms with Gasteiger partial charge in [0.05, 0.1) is 11.8 Å². The summed E-state index contributed by atoms with van der Waals surface area (Å²) in [5.74, 6) is 0.271. The molecule has 2 aromatic rings. The van der Waals surface area contributed by atoms with Gasteiger partial charge in [0, 0.05) is 24.5 Å². The Morgan fingerprint density at radius 1 is 0.800 bits per heavy atom. The third-order valence-electron chi connectivity index (χ3n) is 4.35. The Balaban J connectivity index is 1.67. The second-order valence-electron chi connectivity index (χ2n) is 5.44. The van der Waals surface area contributed by atoms with Crippen LogP contribution < -0.4 is 10.6 Å². The molecule has 3 nitrogen and oxygen atoms in total. The average Bonchev–Trinajstić information content (AvgIpc) is 3.11. The molecule has 0 amide bonds. The van der Waals surface area contributed by atoms with Crippen molar-refractivity contribution in [2.75, 3.05) is 23.7 Å². The van der Waals surface area contributed by atoms with Gasteiger partial charge in [-0.2, -0.15) is 0 Å². The van der Waals surface area contributed by atoms with Crippen LogP contribution in [0.25, 0.3) is 0 Å². The molecule has 2 N–H and O–H groups in total. The molecular formula is C17H16N2O. The maximum absolute atomic E-state index is 12.9. The fourth-order valence-corrected chi connectivity index (χ4v) is 3.32. The SMILES string of the molecule is O=C(C1CNc2ccccc21)C1CNc2ccccc21. The van der Waals surface area contributed by atoms with Gasteiger partial charge in [0.2, 0.25) is 0 Å². The van der Waals surface area contributed by atoms with E-state index in [1.807, 2.05) is 36.4 Å². The summed E-state index contributed by atoms with van der Waals surface area (Å²) >= 11 is 0. The van der Waals surface area contributed by atoms with Crippen molar-refractivity contribution in [3.05, 3.63) is 59.7 Å². The number of ketones is 1. The van der Waals surface area contributed by atoms with Crippen LogP contribution in [0.5, 0.6) is 0 Å². The number of nitrogens with one attached hydrogen (secondary N) is 2. The van der Waals surface area contributed by atoms with Gasteiger partial charge >= 0.3 is 0 Å². The highest BCUT2D eigenvalue weighted by Crippen LogP contribution is 2.39. The first-order chi connectivity index (χ1) is 9.84. The Bertz CT molecular complexity index is 623. The lowest BCUT2D eigenvalue weighted by molar-refractivity contribution is -0.121. The van der Waals surface area contributed by atoms with Crippen LogP contribution in [-0.2, 0) is 4.79 Å². The number of hydrogen-bond donors (Lipinski definition) is 2. The molecule has 100 valence electrons. The number of para-hydroxylation sites is 2. The van der Waals surface area contributed by atoms with E-state index in [1.165, 1.54) is 0 Å². The highest BCUT2D eigenvalue weighted by molar-refractivity contribution is 5.97. The van der Waals surface area contributed by atoms with E-state index < -0.39 is 0 Å². The first-order valence-electron chi connectivity index (χ1n) is 7.04. The predicted octanol–water partition coefficient (Wildman–Crippen LogP) is 2.97. The minimum atomic E-state index is -0.0239. The van der Waals surface area contributed by atoms with E-state index in [0.29, 0.717) is 5.78 Å². The molecule has 0 fully saturated rings. The number of benzene rings is 2. The fourth-order valence-electron chi connectivity index (χ4n) is 3.32. The van der Waals surface area contributed by atoms with E-state index in [2.05, 4.69) is 22.8 Å². The Hall–Kier alpha value is -2.29. The quantitative estimate of drug-likeness (QED) is 0.876. The van der Waals surface area contributed by atoms with Crippen molar-refractivity contribution >= 4 is 17.2 Å². The van der Waals surface area contributed by atoms with Crippen molar-refractivity contribution in [2.24, 2.45) is 0 Å². The van der Waals surface area contributed by atoms with Crippen LogP contribution in [0, 0.1) is 0 Å². The third-order valence-corrected chi connectivity index (χ3v) is 4.35. The zero-order chi connectivity index (χ0) is 13.5. The van der Waals surface area contributed by atoms with Crippen LogP contribution in [0.15, 0.2) is 48.5 Å². The Labute approximate surface area is 118 Å². The first-order valence-corrected chi connectivity index (χ1v) is 7.04. The van der Waals surface area contributed by atoms with Crippen molar-refractivity contribution in [3.63, 3.8) is 0 Å². The molecule has 2 aliphatic rings. The van der Waals surface area contributed by atoms with Crippen LogP contribution in [-0.4, -0.2) is 18.9 Å². The van der Waals surface area contributed by atoms with Crippen molar-refractivity contribution in [3.8, 4) is 0 Å². The second kappa shape index (κ2) is 4.37. The number of carbonyl (C=O) groups is 1. The summed E-state index contributed by atoms with van der Waals surface area (Å²) in [6.45, 7) is 1.44. The summed E-state index contributed by atoms with van der Waals surface area (Å²) < 4.78 is 0. The van der Waals surface area contributed by atoms with Crippen molar-refractivity contribution in [1.29, 1.82) is 0 Å². The maximum atomic E-state index is 12.9. The number of rotatable bonds is 2. The van der Waals surface area contributed by atoms with E-state index in [0.717, 1.165) is 35.6 Å². The maximum Gasteiger partial charge on any atom is 0.151 e. The van der Waals surface area contributed by atoms with E-state index in [1.54, 1.807) is 0 Å². The molecule has 2 unspecified atom stereocenters. The smallest absolute Gasteiger partial charge is 0.151 e. The standard InChI is InChI=1S/C17H16N2O/c20-17(13-9-18-15-7-3-1-5-11(13)15)14-10-19-16-8-4-2-6-12(14)16/h1-8,13-14,18-19H,9-10H2. The van der Waals surface area contributed by atoms with Gasteiger partial charge in [0.15, 0.2) is 5.78 Å². The molecule has 2 aliphatic heterocycles. The predicted molar refractivity (Wildman–Crippen MR) is 80.4 cm³/mol. The van der Waals surface area contributed by atoms with Crippen LogP contribution in [0.4, 0.5) is 11.4 Å². The Kier molecular flexibility index (Phi) is 2.52. The zero-order valence-corrected chi connectivity index (χ0v) is 11.1. The van der Waals surface area contributed by atoms with Crippen LogP contribution in [0.1, 0.15) is 23.0 Å². The molecule has 0 radical (unpaired) electrons. The molecule has 20 heavy (non-hydrogen) atoms. The molecule has 0 aliphatic carbocycles. The molecule has 2 atom stereocenters. The fraction of sp³-hybridized carbons (Fsp3) is 0.235. The topological polar surface area (TPSA) is 41.1 Å². The van der Waals surface area contributed by atoms with Gasteiger partial charge in [-0.3, -0.25) is 4.79 Å². The normalized spacial score (nSPS) is 22.6. The highest BCUT2D eigenvalue weighted by atomic mass is 16.1. The van der Waals surface area contributed by atoms with Gasteiger partial charge in [-0.15, -0.1) is 0 Å². The number of carbonyl (C=O) groups excluding carboxylic acids is 1. The average molecular weight is 264 g/mol. The van der Waals surface area contributed by atoms with Gasteiger partial charge < -0.3 is 10.6 Å². The molecule has 0 bridgehead atoms. The van der Waals surface area contributed by atoms with Gasteiger partial charge in [0.25, 0.3) is 0 Å². The minimum Gasteiger partial charge on any atom is -0.384 e. The van der Waals surface area contributed by atoms with Crippen LogP contribution in [0.2, 0.25) is 0 Å². The number of Topliss-reactive ketones (excluding diaryl/α,β-unsaturated/α-hetero) is 1. The van der Waals surface area contributed by atoms with Crippen molar-refractivity contribution in [2.45, 2.75) is 11.8 Å². The monoisotopic (exact) mass is 264 g/mol. The van der Waals surface area contributed by atoms with E-state index in [4.69, 9.17) is 0 Å². The van der Waals surface area contributed by atoms with Crippen LogP contribution in [0.3, 0.4) is 0 Å². The summed E-state index contributed by atoms with van der Waals surface area (Å²) in [7, 11) is 0. The van der Waals surface area contributed by atoms with Crippen molar-refractivity contribution in [1.82, 2.24) is 0 Å². The first kappa shape index (κ1) is 11.5. The lowest BCUT2D eigenvalue weighted by Crippen LogP contribution is -2.23. The van der Waals surface area contributed by atoms with Crippen LogP contribution >= 0.6 is 0 Å². The Morgan fingerprint density at radius 3 is 1.75 bits per heavy atom. The molecule has 0 saturated heterocycles. The summed E-state index contributed by atoms with van der Waals surface area (Å²) in [5.41, 5.74) is 4.49. The van der Waals surface area contributed by atoms with Gasteiger partial charge in [-0.1, -0.05) is 36.4 Å². The summed E-state index contributed by atoms with van der Waals surface area (Å²) in [6.07, 6.45) is 0. The molecule has 2 heterocycles. The Morgan fingerprint density at radius 2 is 1.25 bits per heavy atom. The van der Waals surface area contributed by atoms with Crippen molar-refractivity contribution < 1.29 is 4.79 Å².